The Labute approximate surface area is 307 Å². The lowest BCUT2D eigenvalue weighted by molar-refractivity contribution is -0.125. The summed E-state index contributed by atoms with van der Waals surface area (Å²) in [5.74, 6) is 3.90. The number of esters is 1. The van der Waals surface area contributed by atoms with Crippen molar-refractivity contribution in [2.24, 2.45) is 0 Å². The molecule has 0 radical (unpaired) electrons. The van der Waals surface area contributed by atoms with Crippen LogP contribution in [-0.2, 0) is 28.0 Å². The number of ether oxygens (including phenoxy) is 6. The first kappa shape index (κ1) is 36.1. The van der Waals surface area contributed by atoms with Crippen LogP contribution < -0.4 is 23.7 Å². The van der Waals surface area contributed by atoms with Gasteiger partial charge in [-0.25, -0.2) is 9.78 Å². The Morgan fingerprint density at radius 3 is 2.21 bits per heavy atom. The number of methoxy groups -OCH3 is 4. The van der Waals surface area contributed by atoms with E-state index >= 15 is 0 Å². The maximum Gasteiger partial charge on any atom is 0.343 e. The molecule has 0 spiro atoms. The maximum absolute atomic E-state index is 14.5. The molecule has 0 saturated carbocycles. The number of fused-ring (bicyclic) bond motifs is 2. The average Bonchev–Trinajstić information content (AvgIpc) is 3.56. The minimum Gasteiger partial charge on any atom is -0.496 e. The molecule has 1 aliphatic rings. The highest BCUT2D eigenvalue weighted by molar-refractivity contribution is 8.03. The zero-order valence-electron chi connectivity index (χ0n) is 29.9. The van der Waals surface area contributed by atoms with Crippen molar-refractivity contribution in [3.63, 3.8) is 0 Å². The lowest BCUT2D eigenvalue weighted by Gasteiger charge is -2.34. The van der Waals surface area contributed by atoms with Gasteiger partial charge in [-0.05, 0) is 84.3 Å². The molecule has 10 heteroatoms. The van der Waals surface area contributed by atoms with Crippen LogP contribution in [0, 0.1) is 18.1 Å². The standard InChI is InChI=1S/C42H39NO8S/c1-26-21-30-22-29-17-19-42(27(2)44,38(29)39(48-5)37(30)40(43-26)49-6)36(18-20-52-31-15-11-8-12-16-31)51-41(45)32-23-34(46-3)35(47-4)24-33(32)50-25-28-13-9-7-10-14-28/h7-16,21-24,36H,17,19,25H2,1-6H3/t36-,42-/m0/s1. The average molecular weight is 718 g/mol. The van der Waals surface area contributed by atoms with E-state index in [-0.39, 0.29) is 23.7 Å². The summed E-state index contributed by atoms with van der Waals surface area (Å²) in [6.45, 7) is 3.57. The van der Waals surface area contributed by atoms with Gasteiger partial charge in [-0.2, -0.15) is 0 Å². The number of benzene rings is 4. The first-order chi connectivity index (χ1) is 25.2. The zero-order chi connectivity index (χ0) is 36.8. The number of nitrogens with zero attached hydrogens (tertiary/aromatic N) is 1. The Morgan fingerprint density at radius 1 is 0.865 bits per heavy atom. The number of carbonyl (C=O) groups excluding carboxylic acids is 2. The van der Waals surface area contributed by atoms with Gasteiger partial charge < -0.3 is 28.4 Å². The first-order valence-corrected chi connectivity index (χ1v) is 17.5. The van der Waals surface area contributed by atoms with Crippen molar-refractivity contribution >= 4 is 34.3 Å². The molecule has 0 aliphatic heterocycles. The van der Waals surface area contributed by atoms with E-state index in [1.807, 2.05) is 79.7 Å². The van der Waals surface area contributed by atoms with Crippen LogP contribution in [0.4, 0.5) is 0 Å². The number of thioether (sulfide) groups is 1. The molecule has 0 saturated heterocycles. The molecule has 6 rings (SSSR count). The van der Waals surface area contributed by atoms with Crippen LogP contribution in [0.3, 0.4) is 0 Å². The van der Waals surface area contributed by atoms with E-state index in [9.17, 15) is 9.59 Å². The highest BCUT2D eigenvalue weighted by atomic mass is 32.2. The van der Waals surface area contributed by atoms with Crippen molar-refractivity contribution in [1.29, 1.82) is 0 Å². The fourth-order valence-corrected chi connectivity index (χ4v) is 7.34. The van der Waals surface area contributed by atoms with Crippen LogP contribution in [0.2, 0.25) is 0 Å². The lowest BCUT2D eigenvalue weighted by Crippen LogP contribution is -2.46. The van der Waals surface area contributed by atoms with Crippen molar-refractivity contribution < 1.29 is 38.0 Å². The van der Waals surface area contributed by atoms with Gasteiger partial charge in [-0.15, -0.1) is 0 Å². The molecule has 0 unspecified atom stereocenters. The summed E-state index contributed by atoms with van der Waals surface area (Å²) in [5, 5.41) is 4.62. The highest BCUT2D eigenvalue weighted by Crippen LogP contribution is 2.52. The molecule has 4 aromatic carbocycles. The Morgan fingerprint density at radius 2 is 1.56 bits per heavy atom. The van der Waals surface area contributed by atoms with Gasteiger partial charge in [-0.1, -0.05) is 54.6 Å². The number of pyridine rings is 1. The molecule has 1 aliphatic carbocycles. The van der Waals surface area contributed by atoms with Crippen molar-refractivity contribution in [3.8, 4) is 40.1 Å². The van der Waals surface area contributed by atoms with E-state index in [1.165, 1.54) is 39.0 Å². The van der Waals surface area contributed by atoms with Gasteiger partial charge in [0.2, 0.25) is 5.88 Å². The van der Waals surface area contributed by atoms with E-state index in [0.29, 0.717) is 46.9 Å². The first-order valence-electron chi connectivity index (χ1n) is 16.7. The Balaban J connectivity index is 1.50. The maximum atomic E-state index is 14.5. The summed E-state index contributed by atoms with van der Waals surface area (Å²) in [7, 11) is 6.08. The van der Waals surface area contributed by atoms with Crippen LogP contribution in [-0.4, -0.2) is 51.3 Å². The third kappa shape index (κ3) is 6.97. The third-order valence-corrected chi connectivity index (χ3v) is 9.96. The van der Waals surface area contributed by atoms with Crippen molar-refractivity contribution in [2.75, 3.05) is 28.4 Å². The van der Waals surface area contributed by atoms with Crippen LogP contribution in [0.15, 0.2) is 89.8 Å². The molecular formula is C42H39NO8S. The summed E-state index contributed by atoms with van der Waals surface area (Å²) >= 11 is 1.28. The normalized spacial score (nSPS) is 15.1. The second kappa shape index (κ2) is 15.7. The number of aromatic nitrogens is 1. The molecule has 2 atom stereocenters. The quantitative estimate of drug-likeness (QED) is 0.0719. The minimum atomic E-state index is -1.40. The number of aryl methyl sites for hydroxylation is 2. The number of Topliss-reactive ketones (excluding diaryl/α,β-unsaturated/α-hetero) is 1. The second-order valence-corrected chi connectivity index (χ2v) is 13.1. The van der Waals surface area contributed by atoms with E-state index in [4.69, 9.17) is 28.4 Å². The number of rotatable bonds is 12. The van der Waals surface area contributed by atoms with Crippen molar-refractivity contribution in [1.82, 2.24) is 4.98 Å². The summed E-state index contributed by atoms with van der Waals surface area (Å²) in [4.78, 5) is 34.2. The number of hydrogen-bond donors (Lipinski definition) is 0. The number of hydrogen-bond acceptors (Lipinski definition) is 10. The Hall–Kier alpha value is -5.66. The summed E-state index contributed by atoms with van der Waals surface area (Å²) in [6, 6.07) is 26.3. The van der Waals surface area contributed by atoms with Crippen molar-refractivity contribution in [2.45, 2.75) is 49.7 Å². The molecule has 0 bridgehead atoms. The van der Waals surface area contributed by atoms with Crippen LogP contribution in [0.5, 0.6) is 28.9 Å². The van der Waals surface area contributed by atoms with E-state index in [2.05, 4.69) is 16.2 Å². The monoisotopic (exact) mass is 717 g/mol. The number of carbonyl (C=O) groups is 2. The van der Waals surface area contributed by atoms with E-state index < -0.39 is 17.5 Å². The Kier molecular flexibility index (Phi) is 10.9. The molecule has 0 amide bonds. The summed E-state index contributed by atoms with van der Waals surface area (Å²) in [5.41, 5.74) is 1.85. The smallest absolute Gasteiger partial charge is 0.343 e. The van der Waals surface area contributed by atoms with Crippen LogP contribution in [0.1, 0.15) is 46.1 Å². The van der Waals surface area contributed by atoms with E-state index in [1.54, 1.807) is 20.3 Å². The third-order valence-electron chi connectivity index (χ3n) is 9.23. The molecular weight excluding hydrogens is 679 g/mol. The number of ketones is 1. The molecule has 0 N–H and O–H groups in total. The second-order valence-electron chi connectivity index (χ2n) is 12.3. The van der Waals surface area contributed by atoms with Gasteiger partial charge in [0.1, 0.15) is 34.9 Å². The highest BCUT2D eigenvalue weighted by Gasteiger charge is 2.53. The van der Waals surface area contributed by atoms with Gasteiger partial charge in [-0.3, -0.25) is 4.79 Å². The fourth-order valence-electron chi connectivity index (χ4n) is 6.76. The largest absolute Gasteiger partial charge is 0.496 e. The van der Waals surface area contributed by atoms with Crippen molar-refractivity contribution in [3.05, 3.63) is 113 Å². The topological polar surface area (TPSA) is 102 Å². The fraction of sp³-hybridized carbons (Fsp3) is 0.262. The zero-order valence-corrected chi connectivity index (χ0v) is 30.7. The molecule has 1 aromatic heterocycles. The molecule has 52 heavy (non-hydrogen) atoms. The predicted octanol–water partition coefficient (Wildman–Crippen LogP) is 7.91. The summed E-state index contributed by atoms with van der Waals surface area (Å²) < 4.78 is 35.5. The molecule has 5 aromatic rings. The minimum absolute atomic E-state index is 0.0832. The molecule has 266 valence electrons. The SMILES string of the molecule is COc1cc(OCc2ccccc2)c(C(=O)O[C@@H](C#CSc2ccccc2)[C@@]2(C(C)=O)CCc3cc4cc(C)nc(OC)c4c(OC)c32)cc1OC. The van der Waals surface area contributed by atoms with Gasteiger partial charge in [0, 0.05) is 28.3 Å². The van der Waals surface area contributed by atoms with E-state index in [0.717, 1.165) is 27.1 Å². The lowest BCUT2D eigenvalue weighted by atomic mass is 9.72. The van der Waals surface area contributed by atoms with Crippen LogP contribution >= 0.6 is 11.8 Å². The van der Waals surface area contributed by atoms with Crippen LogP contribution in [0.25, 0.3) is 10.8 Å². The molecule has 0 fully saturated rings. The molecule has 1 heterocycles. The molecule has 9 nitrogen and oxygen atoms in total. The van der Waals surface area contributed by atoms with Gasteiger partial charge in [0.25, 0.3) is 0 Å². The Bertz CT molecular complexity index is 2180. The van der Waals surface area contributed by atoms with Gasteiger partial charge in [0.05, 0.1) is 33.8 Å². The van der Waals surface area contributed by atoms with Gasteiger partial charge in [0.15, 0.2) is 17.6 Å². The summed E-state index contributed by atoms with van der Waals surface area (Å²) in [6.07, 6.45) is -0.389. The predicted molar refractivity (Wildman–Crippen MR) is 200 cm³/mol. The van der Waals surface area contributed by atoms with Gasteiger partial charge >= 0.3 is 5.97 Å².